The average molecular weight is 254 g/mol. The van der Waals surface area contributed by atoms with Gasteiger partial charge < -0.3 is 0 Å². The van der Waals surface area contributed by atoms with E-state index in [1.54, 1.807) is 0 Å². The summed E-state index contributed by atoms with van der Waals surface area (Å²) >= 11 is 5.56. The molecule has 0 N–H and O–H groups in total. The number of ketones is 1. The van der Waals surface area contributed by atoms with Crippen molar-refractivity contribution in [2.24, 2.45) is 0 Å². The summed E-state index contributed by atoms with van der Waals surface area (Å²) in [5, 5.41) is 0.175. The Hall–Kier alpha value is -1.81. The lowest BCUT2D eigenvalue weighted by atomic mass is 10.0. The van der Waals surface area contributed by atoms with Crippen molar-refractivity contribution in [2.75, 3.05) is 0 Å². The van der Waals surface area contributed by atoms with Crippen LogP contribution < -0.4 is 0 Å². The van der Waals surface area contributed by atoms with Crippen LogP contribution in [-0.2, 0) is 0 Å². The maximum Gasteiger partial charge on any atom is 0.199 e. The molecule has 17 heavy (non-hydrogen) atoms. The van der Waals surface area contributed by atoms with Crippen LogP contribution in [0.15, 0.2) is 36.7 Å². The summed E-state index contributed by atoms with van der Waals surface area (Å²) in [7, 11) is 0. The van der Waals surface area contributed by atoms with Gasteiger partial charge in [0, 0.05) is 11.2 Å². The van der Waals surface area contributed by atoms with Crippen LogP contribution in [-0.4, -0.2) is 10.8 Å². The standard InChI is InChI=1S/C12H6ClF2NO/c13-7-1-2-8(10(14)5-7)12(17)9-3-4-16-6-11(9)15/h1-6H. The Bertz CT molecular complexity index is 586. The first-order valence-corrected chi connectivity index (χ1v) is 5.06. The third-order valence-electron chi connectivity index (χ3n) is 2.19. The van der Waals surface area contributed by atoms with Crippen LogP contribution in [0.2, 0.25) is 5.02 Å². The van der Waals surface area contributed by atoms with Gasteiger partial charge in [-0.2, -0.15) is 0 Å². The zero-order valence-corrected chi connectivity index (χ0v) is 9.21. The van der Waals surface area contributed by atoms with Crippen molar-refractivity contribution in [1.82, 2.24) is 4.98 Å². The molecule has 86 valence electrons. The molecule has 2 aromatic rings. The number of benzene rings is 1. The first kappa shape index (κ1) is 11.7. The van der Waals surface area contributed by atoms with Crippen LogP contribution in [0.5, 0.6) is 0 Å². The molecule has 1 aromatic carbocycles. The minimum Gasteiger partial charge on any atom is -0.288 e. The van der Waals surface area contributed by atoms with Gasteiger partial charge in [0.2, 0.25) is 0 Å². The minimum absolute atomic E-state index is 0.175. The molecule has 0 aliphatic carbocycles. The van der Waals surface area contributed by atoms with E-state index in [-0.39, 0.29) is 16.1 Å². The van der Waals surface area contributed by atoms with Crippen LogP contribution in [0.4, 0.5) is 8.78 Å². The van der Waals surface area contributed by atoms with E-state index in [4.69, 9.17) is 11.6 Å². The third kappa shape index (κ3) is 2.31. The highest BCUT2D eigenvalue weighted by Gasteiger charge is 2.17. The SMILES string of the molecule is O=C(c1ccncc1F)c1ccc(Cl)cc1F. The molecule has 0 bridgehead atoms. The van der Waals surface area contributed by atoms with E-state index in [1.807, 2.05) is 0 Å². The van der Waals surface area contributed by atoms with Gasteiger partial charge in [-0.15, -0.1) is 0 Å². The van der Waals surface area contributed by atoms with E-state index in [0.29, 0.717) is 0 Å². The van der Waals surface area contributed by atoms with Crippen LogP contribution in [0.1, 0.15) is 15.9 Å². The lowest BCUT2D eigenvalue weighted by Crippen LogP contribution is -2.06. The molecule has 0 spiro atoms. The van der Waals surface area contributed by atoms with E-state index < -0.39 is 17.4 Å². The monoisotopic (exact) mass is 253 g/mol. The second kappa shape index (κ2) is 4.59. The Balaban J connectivity index is 2.48. The summed E-state index contributed by atoms with van der Waals surface area (Å²) in [6, 6.07) is 4.80. The maximum absolute atomic E-state index is 13.5. The molecule has 0 saturated carbocycles. The Morgan fingerprint density at radius 3 is 2.47 bits per heavy atom. The lowest BCUT2D eigenvalue weighted by Gasteiger charge is -2.03. The van der Waals surface area contributed by atoms with Gasteiger partial charge in [-0.05, 0) is 24.3 Å². The van der Waals surface area contributed by atoms with Gasteiger partial charge in [-0.1, -0.05) is 11.6 Å². The van der Waals surface area contributed by atoms with Crippen LogP contribution in [0, 0.1) is 11.6 Å². The van der Waals surface area contributed by atoms with Crippen molar-refractivity contribution in [3.8, 4) is 0 Å². The van der Waals surface area contributed by atoms with E-state index >= 15 is 0 Å². The molecule has 0 saturated heterocycles. The fourth-order valence-electron chi connectivity index (χ4n) is 1.38. The van der Waals surface area contributed by atoms with Crippen molar-refractivity contribution in [1.29, 1.82) is 0 Å². The first-order chi connectivity index (χ1) is 8.09. The highest BCUT2D eigenvalue weighted by atomic mass is 35.5. The molecular formula is C12H6ClF2NO. The zero-order valence-electron chi connectivity index (χ0n) is 8.45. The van der Waals surface area contributed by atoms with Crippen molar-refractivity contribution >= 4 is 17.4 Å². The maximum atomic E-state index is 13.5. The molecular weight excluding hydrogens is 248 g/mol. The Morgan fingerprint density at radius 2 is 1.82 bits per heavy atom. The topological polar surface area (TPSA) is 30.0 Å². The summed E-state index contributed by atoms with van der Waals surface area (Å²) in [6.07, 6.45) is 2.17. The number of hydrogen-bond donors (Lipinski definition) is 0. The molecule has 0 amide bonds. The first-order valence-electron chi connectivity index (χ1n) is 4.69. The number of rotatable bonds is 2. The van der Waals surface area contributed by atoms with E-state index in [0.717, 1.165) is 12.3 Å². The molecule has 1 heterocycles. The minimum atomic E-state index is -0.785. The lowest BCUT2D eigenvalue weighted by molar-refractivity contribution is 0.103. The number of pyridine rings is 1. The summed E-state index contributed by atoms with van der Waals surface area (Å²) in [5.41, 5.74) is -0.444. The Morgan fingerprint density at radius 1 is 1.12 bits per heavy atom. The number of carbonyl (C=O) groups excluding carboxylic acids is 1. The Labute approximate surface area is 101 Å². The number of halogens is 3. The molecule has 1 aromatic heterocycles. The normalized spacial score (nSPS) is 10.3. The average Bonchev–Trinajstić information content (AvgIpc) is 2.29. The Kier molecular flexibility index (Phi) is 3.15. The second-order valence-electron chi connectivity index (χ2n) is 3.31. The highest BCUT2D eigenvalue weighted by Crippen LogP contribution is 2.18. The van der Waals surface area contributed by atoms with Gasteiger partial charge in [0.25, 0.3) is 0 Å². The molecule has 0 atom stereocenters. The van der Waals surface area contributed by atoms with Gasteiger partial charge >= 0.3 is 0 Å². The largest absolute Gasteiger partial charge is 0.288 e. The number of hydrogen-bond acceptors (Lipinski definition) is 2. The van der Waals surface area contributed by atoms with Crippen molar-refractivity contribution in [3.05, 3.63) is 64.4 Å². The molecule has 0 unspecified atom stereocenters. The van der Waals surface area contributed by atoms with E-state index in [9.17, 15) is 13.6 Å². The van der Waals surface area contributed by atoms with Gasteiger partial charge in [-0.3, -0.25) is 9.78 Å². The molecule has 2 rings (SSSR count). The number of aromatic nitrogens is 1. The molecule has 0 aliphatic heterocycles. The molecule has 0 aliphatic rings. The van der Waals surface area contributed by atoms with E-state index in [2.05, 4.69) is 4.98 Å². The third-order valence-corrected chi connectivity index (χ3v) is 2.43. The van der Waals surface area contributed by atoms with Crippen molar-refractivity contribution in [2.45, 2.75) is 0 Å². The summed E-state index contributed by atoms with van der Waals surface area (Å²) in [5.74, 6) is -2.30. The molecule has 5 heteroatoms. The molecule has 2 nitrogen and oxygen atoms in total. The smallest absolute Gasteiger partial charge is 0.199 e. The summed E-state index contributed by atoms with van der Waals surface area (Å²) < 4.78 is 26.8. The van der Waals surface area contributed by atoms with Gasteiger partial charge in [0.15, 0.2) is 11.6 Å². The quantitative estimate of drug-likeness (QED) is 0.769. The van der Waals surface area contributed by atoms with Crippen LogP contribution >= 0.6 is 11.6 Å². The number of carbonyl (C=O) groups is 1. The van der Waals surface area contributed by atoms with Crippen molar-refractivity contribution in [3.63, 3.8) is 0 Å². The van der Waals surface area contributed by atoms with Crippen molar-refractivity contribution < 1.29 is 13.6 Å². The van der Waals surface area contributed by atoms with E-state index in [1.165, 1.54) is 24.4 Å². The highest BCUT2D eigenvalue weighted by molar-refractivity contribution is 6.30. The summed E-state index contributed by atoms with van der Waals surface area (Å²) in [4.78, 5) is 15.4. The van der Waals surface area contributed by atoms with Crippen LogP contribution in [0.25, 0.3) is 0 Å². The fourth-order valence-corrected chi connectivity index (χ4v) is 1.54. The predicted octanol–water partition coefficient (Wildman–Crippen LogP) is 3.24. The molecule has 0 fully saturated rings. The van der Waals surface area contributed by atoms with Gasteiger partial charge in [0.1, 0.15) is 5.82 Å². The zero-order chi connectivity index (χ0) is 12.4. The van der Waals surface area contributed by atoms with Crippen LogP contribution in [0.3, 0.4) is 0 Å². The van der Waals surface area contributed by atoms with Gasteiger partial charge in [-0.25, -0.2) is 8.78 Å². The van der Waals surface area contributed by atoms with Gasteiger partial charge in [0.05, 0.1) is 17.3 Å². The second-order valence-corrected chi connectivity index (χ2v) is 3.75. The summed E-state index contributed by atoms with van der Waals surface area (Å²) in [6.45, 7) is 0. The predicted molar refractivity (Wildman–Crippen MR) is 59.0 cm³/mol. The molecule has 0 radical (unpaired) electrons. The fraction of sp³-hybridized carbons (Fsp3) is 0. The number of nitrogens with zero attached hydrogens (tertiary/aromatic N) is 1.